The molecule has 0 amide bonds. The second kappa shape index (κ2) is 5.39. The van der Waals surface area contributed by atoms with Gasteiger partial charge in [0.15, 0.2) is 9.84 Å². The number of hydrogen-bond donors (Lipinski definition) is 1. The summed E-state index contributed by atoms with van der Waals surface area (Å²) in [6, 6.07) is 1.99. The van der Waals surface area contributed by atoms with Crippen LogP contribution in [0, 0.1) is 11.3 Å². The third-order valence-corrected chi connectivity index (χ3v) is 5.70. The summed E-state index contributed by atoms with van der Waals surface area (Å²) in [6.45, 7) is 1.65. The minimum atomic E-state index is -3.42. The van der Waals surface area contributed by atoms with E-state index >= 15 is 0 Å². The maximum Gasteiger partial charge on any atom is 0.180 e. The lowest BCUT2D eigenvalue weighted by Gasteiger charge is -2.21. The number of thiophene rings is 1. The van der Waals surface area contributed by atoms with Crippen molar-refractivity contribution in [2.45, 2.75) is 30.6 Å². The summed E-state index contributed by atoms with van der Waals surface area (Å²) in [7, 11) is -3.42. The van der Waals surface area contributed by atoms with Crippen LogP contribution in [-0.2, 0) is 9.84 Å². The highest BCUT2D eigenvalue weighted by atomic mass is 32.2. The van der Waals surface area contributed by atoms with Gasteiger partial charge in [-0.15, -0.1) is 11.3 Å². The summed E-state index contributed by atoms with van der Waals surface area (Å²) in [5.74, 6) is 0. The zero-order valence-corrected chi connectivity index (χ0v) is 12.5. The maximum absolute atomic E-state index is 11.9. The molecule has 0 aliphatic carbocycles. The monoisotopic (exact) mass is 299 g/mol. The van der Waals surface area contributed by atoms with Gasteiger partial charge in [-0.05, 0) is 12.8 Å². The number of nitrogens with zero attached hydrogens (tertiary/aromatic N) is 2. The maximum atomic E-state index is 11.9. The van der Waals surface area contributed by atoms with Crippen LogP contribution in [0.25, 0.3) is 0 Å². The van der Waals surface area contributed by atoms with E-state index in [9.17, 15) is 8.42 Å². The smallest absolute Gasteiger partial charge is 0.180 e. The van der Waals surface area contributed by atoms with E-state index in [-0.39, 0.29) is 10.6 Å². The highest BCUT2D eigenvalue weighted by molar-refractivity contribution is 7.91. The summed E-state index contributed by atoms with van der Waals surface area (Å²) in [6.07, 6.45) is 5.56. The van der Waals surface area contributed by atoms with Gasteiger partial charge in [0.05, 0.1) is 5.69 Å². The Hall–Kier alpha value is -1.26. The van der Waals surface area contributed by atoms with E-state index in [0.29, 0.717) is 9.88 Å². The standard InChI is InChI=1S/C12H17N3O2S2/c1-19(16,17)11-10(14)9(8-13)18-12(11)15-6-4-2-3-5-7-15/h2-7,14H2,1H3. The molecule has 1 aliphatic rings. The van der Waals surface area contributed by atoms with Crippen LogP contribution in [0.3, 0.4) is 0 Å². The van der Waals surface area contributed by atoms with Gasteiger partial charge in [-0.25, -0.2) is 8.42 Å². The fraction of sp³-hybridized carbons (Fsp3) is 0.583. The van der Waals surface area contributed by atoms with E-state index < -0.39 is 9.84 Å². The highest BCUT2D eigenvalue weighted by Crippen LogP contribution is 2.41. The first-order chi connectivity index (χ1) is 8.95. The van der Waals surface area contributed by atoms with Crippen molar-refractivity contribution in [3.63, 3.8) is 0 Å². The van der Waals surface area contributed by atoms with Crippen molar-refractivity contribution in [1.29, 1.82) is 5.26 Å². The molecule has 2 heterocycles. The van der Waals surface area contributed by atoms with E-state index in [0.717, 1.165) is 45.0 Å². The first kappa shape index (κ1) is 14.2. The highest BCUT2D eigenvalue weighted by Gasteiger charge is 2.27. The fourth-order valence-corrected chi connectivity index (χ4v) is 4.90. The van der Waals surface area contributed by atoms with Crippen LogP contribution in [0.1, 0.15) is 30.6 Å². The lowest BCUT2D eigenvalue weighted by molar-refractivity contribution is 0.602. The average molecular weight is 299 g/mol. The molecule has 0 spiro atoms. The molecule has 0 unspecified atom stereocenters. The van der Waals surface area contributed by atoms with Gasteiger partial charge in [0.2, 0.25) is 0 Å². The number of rotatable bonds is 2. The molecular weight excluding hydrogens is 282 g/mol. The van der Waals surface area contributed by atoms with Crippen LogP contribution in [-0.4, -0.2) is 27.8 Å². The van der Waals surface area contributed by atoms with E-state index in [1.165, 1.54) is 11.3 Å². The Kier molecular flexibility index (Phi) is 4.02. The second-order valence-corrected chi connectivity index (χ2v) is 7.72. The first-order valence-electron chi connectivity index (χ1n) is 6.22. The van der Waals surface area contributed by atoms with E-state index in [1.54, 1.807) is 0 Å². The van der Waals surface area contributed by atoms with Gasteiger partial charge in [0.1, 0.15) is 20.8 Å². The molecule has 19 heavy (non-hydrogen) atoms. The summed E-state index contributed by atoms with van der Waals surface area (Å²) >= 11 is 1.19. The van der Waals surface area contributed by atoms with Crippen molar-refractivity contribution in [2.75, 3.05) is 30.0 Å². The van der Waals surface area contributed by atoms with Crippen LogP contribution in [0.5, 0.6) is 0 Å². The molecule has 2 rings (SSSR count). The van der Waals surface area contributed by atoms with Gasteiger partial charge >= 0.3 is 0 Å². The Bertz CT molecular complexity index is 606. The van der Waals surface area contributed by atoms with E-state index in [4.69, 9.17) is 11.0 Å². The summed E-state index contributed by atoms with van der Waals surface area (Å²) < 4.78 is 23.8. The Morgan fingerprint density at radius 2 is 1.84 bits per heavy atom. The Morgan fingerprint density at radius 1 is 1.26 bits per heavy atom. The molecule has 2 N–H and O–H groups in total. The molecule has 5 nitrogen and oxygen atoms in total. The number of nitrogens with two attached hydrogens (primary N) is 1. The lowest BCUT2D eigenvalue weighted by Crippen LogP contribution is -2.24. The number of anilines is 2. The van der Waals surface area contributed by atoms with Crippen LogP contribution in [0.4, 0.5) is 10.7 Å². The van der Waals surface area contributed by atoms with Gasteiger partial charge < -0.3 is 10.6 Å². The second-order valence-electron chi connectivity index (χ2n) is 4.76. The van der Waals surface area contributed by atoms with Crippen molar-refractivity contribution >= 4 is 31.9 Å². The molecule has 1 aliphatic heterocycles. The van der Waals surface area contributed by atoms with Gasteiger partial charge in [0.25, 0.3) is 0 Å². The normalized spacial score (nSPS) is 16.9. The first-order valence-corrected chi connectivity index (χ1v) is 8.93. The molecular formula is C12H17N3O2S2. The zero-order chi connectivity index (χ0) is 14.0. The Labute approximate surface area is 117 Å². The quantitative estimate of drug-likeness (QED) is 0.902. The molecule has 104 valence electrons. The van der Waals surface area contributed by atoms with Crippen LogP contribution < -0.4 is 10.6 Å². The zero-order valence-electron chi connectivity index (χ0n) is 10.8. The third kappa shape index (κ3) is 2.85. The number of sulfone groups is 1. The molecule has 0 radical (unpaired) electrons. The molecule has 0 bridgehead atoms. The predicted molar refractivity (Wildman–Crippen MR) is 77.2 cm³/mol. The minimum Gasteiger partial charge on any atom is -0.396 e. The summed E-state index contributed by atoms with van der Waals surface area (Å²) in [5.41, 5.74) is 5.93. The van der Waals surface area contributed by atoms with Crippen LogP contribution in [0.15, 0.2) is 4.90 Å². The molecule has 1 fully saturated rings. The molecule has 0 atom stereocenters. The minimum absolute atomic E-state index is 0.106. The molecule has 0 saturated carbocycles. The molecule has 1 saturated heterocycles. The molecule has 0 aromatic carbocycles. The van der Waals surface area contributed by atoms with Gasteiger partial charge in [0, 0.05) is 19.3 Å². The SMILES string of the molecule is CS(=O)(=O)c1c(N2CCCCCC2)sc(C#N)c1N. The van der Waals surface area contributed by atoms with Crippen molar-refractivity contribution in [3.05, 3.63) is 4.88 Å². The van der Waals surface area contributed by atoms with Gasteiger partial charge in [-0.2, -0.15) is 5.26 Å². The molecule has 1 aromatic heterocycles. The number of hydrogen-bond acceptors (Lipinski definition) is 6. The summed E-state index contributed by atoms with van der Waals surface area (Å²) in [5, 5.41) is 9.68. The van der Waals surface area contributed by atoms with Gasteiger partial charge in [-0.1, -0.05) is 12.8 Å². The molecule has 1 aromatic rings. The topological polar surface area (TPSA) is 87.2 Å². The van der Waals surface area contributed by atoms with E-state index in [1.807, 2.05) is 6.07 Å². The van der Waals surface area contributed by atoms with Crippen LogP contribution >= 0.6 is 11.3 Å². The largest absolute Gasteiger partial charge is 0.396 e. The van der Waals surface area contributed by atoms with Gasteiger partial charge in [-0.3, -0.25) is 0 Å². The van der Waals surface area contributed by atoms with Crippen molar-refractivity contribution in [1.82, 2.24) is 0 Å². The third-order valence-electron chi connectivity index (χ3n) is 3.25. The fourth-order valence-electron chi connectivity index (χ4n) is 2.34. The Balaban J connectivity index is 2.53. The van der Waals surface area contributed by atoms with E-state index in [2.05, 4.69) is 4.90 Å². The Morgan fingerprint density at radius 3 is 2.32 bits per heavy atom. The summed E-state index contributed by atoms with van der Waals surface area (Å²) in [4.78, 5) is 2.49. The average Bonchev–Trinajstić information content (AvgIpc) is 2.53. The number of nitriles is 1. The number of nitrogen functional groups attached to an aromatic ring is 1. The van der Waals surface area contributed by atoms with Crippen LogP contribution in [0.2, 0.25) is 0 Å². The lowest BCUT2D eigenvalue weighted by atomic mass is 10.2. The predicted octanol–water partition coefficient (Wildman–Crippen LogP) is 1.99. The van der Waals surface area contributed by atoms with Crippen molar-refractivity contribution < 1.29 is 8.42 Å². The molecule has 7 heteroatoms. The van der Waals surface area contributed by atoms with Crippen molar-refractivity contribution in [3.8, 4) is 6.07 Å². The van der Waals surface area contributed by atoms with Crippen molar-refractivity contribution in [2.24, 2.45) is 0 Å².